The van der Waals surface area contributed by atoms with Crippen LogP contribution in [0.15, 0.2) is 53.6 Å². The van der Waals surface area contributed by atoms with Gasteiger partial charge in [-0.15, -0.1) is 12.4 Å². The van der Waals surface area contributed by atoms with Gasteiger partial charge in [0.25, 0.3) is 10.5 Å². The zero-order chi connectivity index (χ0) is 21.3. The predicted octanol–water partition coefficient (Wildman–Crippen LogP) is 5.49. The van der Waals surface area contributed by atoms with E-state index in [1.54, 1.807) is 50.3 Å². The van der Waals surface area contributed by atoms with E-state index in [1.165, 1.54) is 0 Å². The molecule has 0 amide bonds. The third-order valence-corrected chi connectivity index (χ3v) is 4.03. The molecule has 0 bridgehead atoms. The van der Waals surface area contributed by atoms with Gasteiger partial charge in [-0.05, 0) is 63.4 Å². The average molecular weight is 454 g/mol. The summed E-state index contributed by atoms with van der Waals surface area (Å²) in [7, 11) is 0. The smallest absolute Gasteiger partial charge is 0.263 e. The minimum atomic E-state index is -1.97. The van der Waals surface area contributed by atoms with Gasteiger partial charge >= 0.3 is 0 Å². The first-order valence-electron chi connectivity index (χ1n) is 8.29. The lowest BCUT2D eigenvalue weighted by Gasteiger charge is -2.25. The summed E-state index contributed by atoms with van der Waals surface area (Å²) in [6.45, 7) is 9.37. The molecule has 1 aromatic rings. The minimum absolute atomic E-state index is 0. The molecule has 0 spiro atoms. The average Bonchev–Trinajstić information content (AvgIpc) is 2.59. The van der Waals surface area contributed by atoms with E-state index >= 15 is 0 Å². The van der Waals surface area contributed by atoms with Gasteiger partial charge in [0.05, 0.1) is 0 Å². The van der Waals surface area contributed by atoms with Crippen molar-refractivity contribution in [3.63, 3.8) is 0 Å². The molecule has 28 heavy (non-hydrogen) atoms. The molecule has 0 aromatic heterocycles. The fraction of sp³-hybridized carbons (Fsp3) is 0.400. The number of hydrogen-bond acceptors (Lipinski definition) is 4. The molecule has 3 N–H and O–H groups in total. The molecule has 0 fully saturated rings. The van der Waals surface area contributed by atoms with Crippen LogP contribution in [0.4, 0.5) is 4.39 Å². The molecule has 0 radical (unpaired) electrons. The van der Waals surface area contributed by atoms with E-state index < -0.39 is 16.2 Å². The van der Waals surface area contributed by atoms with Crippen LogP contribution in [0.1, 0.15) is 51.4 Å². The monoisotopic (exact) mass is 452 g/mol. The Morgan fingerprint density at radius 1 is 1.11 bits per heavy atom. The van der Waals surface area contributed by atoms with Crippen LogP contribution >= 0.6 is 35.6 Å². The van der Waals surface area contributed by atoms with Gasteiger partial charge in [-0.1, -0.05) is 48.1 Å². The van der Waals surface area contributed by atoms with Crippen LogP contribution in [-0.2, 0) is 4.79 Å². The second-order valence-electron chi connectivity index (χ2n) is 7.15. The quantitative estimate of drug-likeness (QED) is 0.353. The second kappa shape index (κ2) is 13.1. The first-order valence-corrected chi connectivity index (χ1v) is 9.05. The van der Waals surface area contributed by atoms with Crippen molar-refractivity contribution in [1.82, 2.24) is 5.43 Å². The summed E-state index contributed by atoms with van der Waals surface area (Å²) < 4.78 is 13.7. The molecule has 1 unspecified atom stereocenters. The van der Waals surface area contributed by atoms with Crippen molar-refractivity contribution in [2.75, 3.05) is 0 Å². The number of hydrazine groups is 1. The molecule has 8 heteroatoms. The molecule has 1 aliphatic rings. The van der Waals surface area contributed by atoms with Gasteiger partial charge in [0.15, 0.2) is 0 Å². The van der Waals surface area contributed by atoms with E-state index in [0.717, 1.165) is 5.57 Å². The SMILES string of the molecule is CC(C)(C)NN.CC1=CC=C(C)C(F)(C(=O)Cl)C1.Cl.O=C(Cl)c1ccccc1. The van der Waals surface area contributed by atoms with Gasteiger partial charge in [-0.25, -0.2) is 4.39 Å². The lowest BCUT2D eigenvalue weighted by atomic mass is 9.87. The third-order valence-electron chi connectivity index (χ3n) is 3.51. The van der Waals surface area contributed by atoms with Crippen molar-refractivity contribution < 1.29 is 14.0 Å². The number of rotatable bonds is 2. The van der Waals surface area contributed by atoms with Crippen molar-refractivity contribution in [3.8, 4) is 0 Å². The highest BCUT2D eigenvalue weighted by molar-refractivity contribution is 6.67. The first-order chi connectivity index (χ1) is 12.3. The normalized spacial score (nSPS) is 18.0. The minimum Gasteiger partial charge on any atom is -0.277 e. The van der Waals surface area contributed by atoms with E-state index in [4.69, 9.17) is 29.0 Å². The zero-order valence-corrected chi connectivity index (χ0v) is 19.0. The van der Waals surface area contributed by atoms with Crippen LogP contribution in [0.25, 0.3) is 0 Å². The Morgan fingerprint density at radius 3 is 1.86 bits per heavy atom. The Labute approximate surface area is 182 Å². The highest BCUT2D eigenvalue weighted by Gasteiger charge is 2.40. The van der Waals surface area contributed by atoms with Crippen molar-refractivity contribution in [2.45, 2.75) is 52.2 Å². The molecule has 1 atom stereocenters. The molecular weight excluding hydrogens is 426 g/mol. The summed E-state index contributed by atoms with van der Waals surface area (Å²) in [5.41, 5.74) is 2.46. The molecule has 4 nitrogen and oxygen atoms in total. The molecular formula is C20H28Cl3FN2O2. The van der Waals surface area contributed by atoms with E-state index in [9.17, 15) is 14.0 Å². The predicted molar refractivity (Wildman–Crippen MR) is 118 cm³/mol. The largest absolute Gasteiger partial charge is 0.277 e. The summed E-state index contributed by atoms with van der Waals surface area (Å²) in [6, 6.07) is 8.74. The lowest BCUT2D eigenvalue weighted by Crippen LogP contribution is -2.41. The number of alkyl halides is 1. The van der Waals surface area contributed by atoms with Crippen molar-refractivity contribution in [1.29, 1.82) is 0 Å². The molecule has 0 aliphatic heterocycles. The number of halogens is 4. The van der Waals surface area contributed by atoms with Gasteiger partial charge in [0.1, 0.15) is 0 Å². The fourth-order valence-electron chi connectivity index (χ4n) is 1.78. The summed E-state index contributed by atoms with van der Waals surface area (Å²) >= 11 is 10.3. The molecule has 0 heterocycles. The number of carbonyl (C=O) groups excluding carboxylic acids is 2. The Hall–Kier alpha value is -1.24. The fourth-order valence-corrected chi connectivity index (χ4v) is 2.12. The number of benzene rings is 1. The van der Waals surface area contributed by atoms with E-state index in [0.29, 0.717) is 11.1 Å². The summed E-state index contributed by atoms with van der Waals surface area (Å²) in [6.07, 6.45) is 3.48. The Morgan fingerprint density at radius 2 is 1.57 bits per heavy atom. The Kier molecular flexibility index (Phi) is 13.5. The maximum Gasteiger partial charge on any atom is 0.263 e. The second-order valence-corrected chi connectivity index (χ2v) is 7.83. The van der Waals surface area contributed by atoms with Crippen molar-refractivity contribution in [3.05, 3.63) is 59.2 Å². The zero-order valence-electron chi connectivity index (χ0n) is 16.7. The van der Waals surface area contributed by atoms with E-state index in [1.807, 2.05) is 26.8 Å². The van der Waals surface area contributed by atoms with Crippen LogP contribution in [0.5, 0.6) is 0 Å². The van der Waals surface area contributed by atoms with Gasteiger partial charge in [-0.2, -0.15) is 0 Å². The summed E-state index contributed by atoms with van der Waals surface area (Å²) in [5.74, 6) is 5.06. The van der Waals surface area contributed by atoms with Gasteiger partial charge in [0, 0.05) is 17.5 Å². The van der Waals surface area contributed by atoms with E-state index in [-0.39, 0.29) is 24.4 Å². The molecule has 1 aromatic carbocycles. The van der Waals surface area contributed by atoms with E-state index in [2.05, 4.69) is 5.43 Å². The van der Waals surface area contributed by atoms with Crippen LogP contribution in [0, 0.1) is 0 Å². The van der Waals surface area contributed by atoms with Crippen LogP contribution in [0.3, 0.4) is 0 Å². The first kappa shape index (κ1) is 29.0. The van der Waals surface area contributed by atoms with Crippen molar-refractivity contribution >= 4 is 46.1 Å². The summed E-state index contributed by atoms with van der Waals surface area (Å²) in [5, 5.41) is -1.33. The molecule has 2 rings (SSSR count). The highest BCUT2D eigenvalue weighted by atomic mass is 35.5. The van der Waals surface area contributed by atoms with Crippen LogP contribution < -0.4 is 11.3 Å². The maximum atomic E-state index is 13.7. The van der Waals surface area contributed by atoms with Gasteiger partial charge in [0.2, 0.25) is 5.67 Å². The number of nitrogens with two attached hydrogens (primary N) is 1. The summed E-state index contributed by atoms with van der Waals surface area (Å²) in [4.78, 5) is 21.2. The topological polar surface area (TPSA) is 72.2 Å². The third kappa shape index (κ3) is 10.9. The maximum absolute atomic E-state index is 13.7. The van der Waals surface area contributed by atoms with Crippen molar-refractivity contribution in [2.24, 2.45) is 5.84 Å². The van der Waals surface area contributed by atoms with Crippen LogP contribution in [0.2, 0.25) is 0 Å². The number of carbonyl (C=O) groups is 2. The lowest BCUT2D eigenvalue weighted by molar-refractivity contribution is -0.120. The number of nitrogens with one attached hydrogen (secondary N) is 1. The number of hydrogen-bond donors (Lipinski definition) is 2. The standard InChI is InChI=1S/C9H10ClFO.C7H5ClO.C4H12N2.ClH/c1-6-3-4-7(2)9(11,5-6)8(10)12;8-7(9)6-4-2-1-3-5-6;1-4(2,3)6-5;/h3-4H,5H2,1-2H3;1-5H;6H,5H2,1-3H3;1H. The Bertz CT molecular complexity index is 701. The highest BCUT2D eigenvalue weighted by Crippen LogP contribution is 2.34. The molecule has 158 valence electrons. The Balaban J connectivity index is 0. The van der Waals surface area contributed by atoms with Gasteiger partial charge in [-0.3, -0.25) is 20.9 Å². The molecule has 0 saturated heterocycles. The number of allylic oxidation sites excluding steroid dienone is 4. The molecule has 0 saturated carbocycles. The van der Waals surface area contributed by atoms with Gasteiger partial charge < -0.3 is 0 Å². The molecule has 1 aliphatic carbocycles. The van der Waals surface area contributed by atoms with Crippen LogP contribution in [-0.4, -0.2) is 21.7 Å².